The molecule has 0 aromatic heterocycles. The average molecular weight is 496 g/mol. The van der Waals surface area contributed by atoms with Crippen LogP contribution >= 0.6 is 34.2 Å². The molecule has 0 fully saturated rings. The Kier molecular flexibility index (Phi) is 14.2. The van der Waals surface area contributed by atoms with Crippen LogP contribution in [0.4, 0.5) is 0 Å². The highest BCUT2D eigenvalue weighted by Crippen LogP contribution is 2.31. The van der Waals surface area contributed by atoms with E-state index in [1.165, 1.54) is 44.1 Å². The summed E-state index contributed by atoms with van der Waals surface area (Å²) in [5.74, 6) is 3.00. The van der Waals surface area contributed by atoms with Gasteiger partial charge in [-0.25, -0.2) is 0 Å². The molecule has 0 heterocycles. The van der Waals surface area contributed by atoms with Crippen LogP contribution in [0.5, 0.6) is 0 Å². The molecule has 0 saturated heterocycles. The SMILES string of the molecule is C#CC(I)[N+](CCCCC)(CCCCC)C(Cl)Cc1ccccc1.[Cl-]. The van der Waals surface area contributed by atoms with E-state index >= 15 is 0 Å². The molecule has 0 N–H and O–H groups in total. The molecule has 1 nitrogen and oxygen atoms in total. The van der Waals surface area contributed by atoms with Crippen molar-refractivity contribution in [2.45, 2.75) is 68.3 Å². The van der Waals surface area contributed by atoms with Crippen LogP contribution in [0.25, 0.3) is 0 Å². The third-order valence-corrected chi connectivity index (χ3v) is 6.76. The lowest BCUT2D eigenvalue weighted by Crippen LogP contribution is -3.00. The Bertz CT molecular complexity index is 476. The smallest absolute Gasteiger partial charge is 0.201 e. The first-order valence-corrected chi connectivity index (χ1v) is 10.9. The van der Waals surface area contributed by atoms with Crippen molar-refractivity contribution < 1.29 is 16.9 Å². The topological polar surface area (TPSA) is 0 Å². The molecule has 0 aliphatic carbocycles. The third-order valence-electron chi connectivity index (χ3n) is 4.75. The maximum Gasteiger partial charge on any atom is 0.201 e. The standard InChI is InChI=1S/C21H32ClIN.ClH/c1-4-7-12-16-24(21(23)6-3,17-13-8-5-2)20(22)18-19-14-10-9-11-15-19;/h3,9-11,14-15,20-21H,4-5,7-8,12-13,16-18H2,1-2H3;1H/q+1;/p-1. The number of alkyl halides is 2. The van der Waals surface area contributed by atoms with Crippen LogP contribution < -0.4 is 12.4 Å². The summed E-state index contributed by atoms with van der Waals surface area (Å²) in [5.41, 5.74) is 1.32. The second-order valence-corrected chi connectivity index (χ2v) is 8.27. The first kappa shape index (κ1) is 25.1. The summed E-state index contributed by atoms with van der Waals surface area (Å²) in [5, 5.41) is 0. The summed E-state index contributed by atoms with van der Waals surface area (Å²) < 4.78 is 0.968. The third kappa shape index (κ3) is 8.08. The Labute approximate surface area is 180 Å². The van der Waals surface area contributed by atoms with E-state index in [2.05, 4.69) is 72.7 Å². The number of halogens is 3. The molecule has 4 heteroatoms. The first-order chi connectivity index (χ1) is 11.6. The summed E-state index contributed by atoms with van der Waals surface area (Å²) in [6.45, 7) is 6.65. The lowest BCUT2D eigenvalue weighted by molar-refractivity contribution is -0.938. The van der Waals surface area contributed by atoms with E-state index in [4.69, 9.17) is 18.0 Å². The fourth-order valence-corrected chi connectivity index (χ4v) is 4.83. The fourth-order valence-electron chi connectivity index (χ4n) is 3.21. The van der Waals surface area contributed by atoms with E-state index in [0.29, 0.717) is 0 Å². The molecule has 0 amide bonds. The predicted molar refractivity (Wildman–Crippen MR) is 115 cm³/mol. The Hall–Kier alpha value is 0.0500. The number of nitrogens with zero attached hydrogens (tertiary/aromatic N) is 1. The van der Waals surface area contributed by atoms with E-state index in [1.807, 2.05) is 0 Å². The van der Waals surface area contributed by atoms with E-state index < -0.39 is 0 Å². The van der Waals surface area contributed by atoms with Gasteiger partial charge in [-0.15, -0.1) is 6.42 Å². The van der Waals surface area contributed by atoms with Gasteiger partial charge in [0.15, 0.2) is 5.50 Å². The van der Waals surface area contributed by atoms with Crippen LogP contribution in [-0.2, 0) is 6.42 Å². The zero-order valence-electron chi connectivity index (χ0n) is 15.6. The molecular weight excluding hydrogens is 464 g/mol. The molecule has 1 aromatic rings. The van der Waals surface area contributed by atoms with Gasteiger partial charge in [-0.2, -0.15) is 0 Å². The number of benzene rings is 1. The largest absolute Gasteiger partial charge is 1.00 e. The van der Waals surface area contributed by atoms with Gasteiger partial charge in [0.05, 0.1) is 13.1 Å². The summed E-state index contributed by atoms with van der Waals surface area (Å²) in [4.78, 5) is 0. The Morgan fingerprint density at radius 1 is 1.04 bits per heavy atom. The number of hydrogen-bond acceptors (Lipinski definition) is 0. The molecule has 0 aliphatic rings. The van der Waals surface area contributed by atoms with Crippen LogP contribution in [0.2, 0.25) is 0 Å². The lowest BCUT2D eigenvalue weighted by atomic mass is 10.1. The second-order valence-electron chi connectivity index (χ2n) is 6.59. The zero-order valence-corrected chi connectivity index (χ0v) is 19.2. The molecule has 1 rings (SSSR count). The van der Waals surface area contributed by atoms with Gasteiger partial charge in [-0.1, -0.05) is 68.6 Å². The number of terminal acetylenes is 1. The number of hydrogen-bond donors (Lipinski definition) is 0. The molecule has 25 heavy (non-hydrogen) atoms. The Morgan fingerprint density at radius 2 is 1.56 bits per heavy atom. The van der Waals surface area contributed by atoms with Gasteiger partial charge in [0.2, 0.25) is 4.05 Å². The van der Waals surface area contributed by atoms with Crippen molar-refractivity contribution in [1.29, 1.82) is 0 Å². The minimum absolute atomic E-state index is 0. The van der Waals surface area contributed by atoms with E-state index in [9.17, 15) is 0 Å². The van der Waals surface area contributed by atoms with Gasteiger partial charge in [-0.05, 0) is 37.2 Å². The van der Waals surface area contributed by atoms with Crippen LogP contribution in [0.3, 0.4) is 0 Å². The predicted octanol–water partition coefficient (Wildman–Crippen LogP) is 3.39. The molecule has 1 aromatic carbocycles. The van der Waals surface area contributed by atoms with Crippen molar-refractivity contribution in [3.63, 3.8) is 0 Å². The summed E-state index contributed by atoms with van der Waals surface area (Å²) in [6, 6.07) is 10.6. The Balaban J connectivity index is 0.00000576. The molecule has 0 bridgehead atoms. The van der Waals surface area contributed by atoms with Crippen molar-refractivity contribution in [2.24, 2.45) is 0 Å². The van der Waals surface area contributed by atoms with E-state index in [-0.39, 0.29) is 22.0 Å². The van der Waals surface area contributed by atoms with Crippen molar-refractivity contribution in [2.75, 3.05) is 13.1 Å². The number of unbranched alkanes of at least 4 members (excludes halogenated alkanes) is 4. The molecular formula is C21H32Cl2IN. The molecule has 0 spiro atoms. The fraction of sp³-hybridized carbons (Fsp3) is 0.619. The van der Waals surface area contributed by atoms with Gasteiger partial charge in [0, 0.05) is 29.0 Å². The van der Waals surface area contributed by atoms with Crippen LogP contribution in [0.15, 0.2) is 30.3 Å². The number of rotatable bonds is 12. The van der Waals surface area contributed by atoms with Crippen molar-refractivity contribution in [3.8, 4) is 12.3 Å². The van der Waals surface area contributed by atoms with Crippen molar-refractivity contribution >= 4 is 34.2 Å². The van der Waals surface area contributed by atoms with Gasteiger partial charge < -0.3 is 12.4 Å². The van der Waals surface area contributed by atoms with Gasteiger partial charge in [-0.3, -0.25) is 4.48 Å². The van der Waals surface area contributed by atoms with Crippen molar-refractivity contribution in [1.82, 2.24) is 0 Å². The van der Waals surface area contributed by atoms with Gasteiger partial charge >= 0.3 is 0 Å². The average Bonchev–Trinajstić information content (AvgIpc) is 2.60. The van der Waals surface area contributed by atoms with E-state index in [1.54, 1.807) is 0 Å². The maximum atomic E-state index is 7.04. The molecule has 142 valence electrons. The van der Waals surface area contributed by atoms with Crippen molar-refractivity contribution in [3.05, 3.63) is 35.9 Å². The molecule has 2 unspecified atom stereocenters. The Morgan fingerprint density at radius 3 is 2.00 bits per heavy atom. The van der Waals surface area contributed by atoms with Gasteiger partial charge in [0.1, 0.15) is 0 Å². The molecule has 0 aliphatic heterocycles. The van der Waals surface area contributed by atoms with Crippen LogP contribution in [0.1, 0.15) is 57.9 Å². The highest BCUT2D eigenvalue weighted by atomic mass is 127. The summed E-state index contributed by atoms with van der Waals surface area (Å²) >= 11 is 9.47. The monoisotopic (exact) mass is 495 g/mol. The highest BCUT2D eigenvalue weighted by Gasteiger charge is 2.40. The van der Waals surface area contributed by atoms with Crippen LogP contribution in [-0.4, -0.2) is 27.1 Å². The highest BCUT2D eigenvalue weighted by molar-refractivity contribution is 14.1. The zero-order chi connectivity index (χ0) is 17.8. The minimum atomic E-state index is 0. The summed E-state index contributed by atoms with van der Waals surface area (Å²) in [7, 11) is 0. The summed E-state index contributed by atoms with van der Waals surface area (Å²) in [6.07, 6.45) is 14.1. The minimum Gasteiger partial charge on any atom is -1.00 e. The van der Waals surface area contributed by atoms with Gasteiger partial charge in [0.25, 0.3) is 0 Å². The van der Waals surface area contributed by atoms with Crippen LogP contribution in [0, 0.1) is 12.3 Å². The molecule has 0 saturated carbocycles. The molecule has 2 atom stereocenters. The molecule has 0 radical (unpaired) electrons. The lowest BCUT2D eigenvalue weighted by Gasteiger charge is -2.44. The quantitative estimate of drug-likeness (QED) is 0.104. The first-order valence-electron chi connectivity index (χ1n) is 9.25. The normalized spacial score (nSPS) is 13.6. The van der Waals surface area contributed by atoms with E-state index in [0.717, 1.165) is 24.0 Å². The maximum absolute atomic E-state index is 7.04. The number of quaternary nitrogens is 1. The second kappa shape index (κ2) is 14.2.